The van der Waals surface area contributed by atoms with Crippen LogP contribution in [0, 0.1) is 6.92 Å². The van der Waals surface area contributed by atoms with E-state index in [1.165, 1.54) is 6.33 Å². The molecule has 3 heterocycles. The molecule has 3 rings (SSSR count). The van der Waals surface area contributed by atoms with E-state index in [0.29, 0.717) is 5.69 Å². The molecule has 0 aliphatic rings. The zero-order chi connectivity index (χ0) is 13.4. The summed E-state index contributed by atoms with van der Waals surface area (Å²) in [5.41, 5.74) is 2.22. The Hall–Kier alpha value is -2.77. The van der Waals surface area contributed by atoms with Crippen molar-refractivity contribution in [1.82, 2.24) is 29.9 Å². The van der Waals surface area contributed by atoms with Crippen LogP contribution >= 0.6 is 0 Å². The number of hydrogen-bond donors (Lipinski definition) is 2. The average Bonchev–Trinajstić information content (AvgIpc) is 2.99. The van der Waals surface area contributed by atoms with E-state index >= 15 is 0 Å². The number of aromatic nitrogens is 6. The Morgan fingerprint density at radius 1 is 1.42 bits per heavy atom. The Morgan fingerprint density at radius 3 is 3.00 bits per heavy atom. The van der Waals surface area contributed by atoms with E-state index in [4.69, 9.17) is 0 Å². The van der Waals surface area contributed by atoms with Gasteiger partial charge in [-0.15, -0.1) is 0 Å². The maximum Gasteiger partial charge on any atom is 0.293 e. The molecule has 19 heavy (non-hydrogen) atoms. The zero-order valence-electron chi connectivity index (χ0n) is 10.4. The second-order valence-electron chi connectivity index (χ2n) is 4.09. The van der Waals surface area contributed by atoms with Crippen LogP contribution in [-0.2, 0) is 7.05 Å². The number of hydrogen-bond acceptors (Lipinski definition) is 5. The monoisotopic (exact) mass is 257 g/mol. The molecule has 0 spiro atoms. The third kappa shape index (κ3) is 1.92. The summed E-state index contributed by atoms with van der Waals surface area (Å²) in [4.78, 5) is 19.9. The minimum absolute atomic E-state index is 0.156. The van der Waals surface area contributed by atoms with Gasteiger partial charge in [0, 0.05) is 12.4 Å². The molecule has 3 aromatic heterocycles. The molecule has 2 N–H and O–H groups in total. The van der Waals surface area contributed by atoms with Gasteiger partial charge in [-0.1, -0.05) is 0 Å². The highest BCUT2D eigenvalue weighted by atomic mass is 16.2. The summed E-state index contributed by atoms with van der Waals surface area (Å²) < 4.78 is 1.70. The lowest BCUT2D eigenvalue weighted by Gasteiger charge is -2.02. The molecular formula is C11H11N7O. The van der Waals surface area contributed by atoms with Crippen LogP contribution < -0.4 is 5.32 Å². The van der Waals surface area contributed by atoms with Crippen LogP contribution in [0.4, 0.5) is 5.69 Å². The number of H-pyrrole nitrogens is 1. The van der Waals surface area contributed by atoms with Gasteiger partial charge in [0.25, 0.3) is 5.91 Å². The number of fused-ring (bicyclic) bond motifs is 1. The maximum absolute atomic E-state index is 11.8. The molecule has 0 aliphatic carbocycles. The zero-order valence-corrected chi connectivity index (χ0v) is 10.4. The molecule has 96 valence electrons. The van der Waals surface area contributed by atoms with E-state index in [0.717, 1.165) is 16.7 Å². The van der Waals surface area contributed by atoms with Gasteiger partial charge in [-0.2, -0.15) is 10.2 Å². The van der Waals surface area contributed by atoms with Crippen LogP contribution in [0.3, 0.4) is 0 Å². The van der Waals surface area contributed by atoms with Gasteiger partial charge in [-0.05, 0) is 13.0 Å². The number of pyridine rings is 1. The van der Waals surface area contributed by atoms with E-state index in [2.05, 4.69) is 30.6 Å². The molecule has 0 aliphatic heterocycles. The van der Waals surface area contributed by atoms with Crippen molar-refractivity contribution in [2.24, 2.45) is 7.05 Å². The Morgan fingerprint density at radius 2 is 2.26 bits per heavy atom. The first kappa shape index (κ1) is 11.3. The van der Waals surface area contributed by atoms with Gasteiger partial charge in [-0.3, -0.25) is 14.6 Å². The minimum atomic E-state index is -0.361. The van der Waals surface area contributed by atoms with Crippen molar-refractivity contribution in [3.63, 3.8) is 0 Å². The maximum atomic E-state index is 11.8. The average molecular weight is 257 g/mol. The van der Waals surface area contributed by atoms with Crippen LogP contribution in [-0.4, -0.2) is 35.9 Å². The van der Waals surface area contributed by atoms with Crippen molar-refractivity contribution in [2.75, 3.05) is 5.32 Å². The smallest absolute Gasteiger partial charge is 0.293 e. The van der Waals surface area contributed by atoms with Crippen molar-refractivity contribution in [2.45, 2.75) is 6.92 Å². The Labute approximate surface area is 107 Å². The summed E-state index contributed by atoms with van der Waals surface area (Å²) in [5, 5.41) is 14.0. The highest BCUT2D eigenvalue weighted by Gasteiger charge is 2.11. The largest absolute Gasteiger partial charge is 0.318 e. The van der Waals surface area contributed by atoms with Gasteiger partial charge in [0.05, 0.1) is 17.6 Å². The fourth-order valence-electron chi connectivity index (χ4n) is 1.88. The number of carbonyl (C=O) groups is 1. The predicted octanol–water partition coefficient (Wildman–Crippen LogP) is 0.647. The molecule has 0 fully saturated rings. The van der Waals surface area contributed by atoms with Crippen molar-refractivity contribution in [1.29, 1.82) is 0 Å². The summed E-state index contributed by atoms with van der Waals surface area (Å²) in [6, 6.07) is 1.83. The van der Waals surface area contributed by atoms with Crippen LogP contribution in [0.1, 0.15) is 16.3 Å². The lowest BCUT2D eigenvalue weighted by molar-refractivity contribution is 0.101. The van der Waals surface area contributed by atoms with Crippen molar-refractivity contribution in [3.05, 3.63) is 30.1 Å². The van der Waals surface area contributed by atoms with Crippen molar-refractivity contribution < 1.29 is 4.79 Å². The summed E-state index contributed by atoms with van der Waals surface area (Å²) in [7, 11) is 1.83. The van der Waals surface area contributed by atoms with Gasteiger partial charge < -0.3 is 5.32 Å². The fraction of sp³-hybridized carbons (Fsp3) is 0.182. The molecule has 0 atom stereocenters. The summed E-state index contributed by atoms with van der Waals surface area (Å²) in [6.07, 6.45) is 2.86. The van der Waals surface area contributed by atoms with E-state index < -0.39 is 0 Å². The predicted molar refractivity (Wildman–Crippen MR) is 67.6 cm³/mol. The fourth-order valence-corrected chi connectivity index (χ4v) is 1.88. The number of aromatic amines is 1. The number of carbonyl (C=O) groups excluding carboxylic acids is 1. The molecule has 0 radical (unpaired) electrons. The van der Waals surface area contributed by atoms with E-state index in [1.807, 2.05) is 20.0 Å². The standard InChI is InChI=1S/C11H11N7O/c1-6-8-3-7(4-12-10(8)18(2)17-6)15-11(19)9-13-5-14-16-9/h3-5H,1-2H3,(H,15,19)(H,13,14,16). The van der Waals surface area contributed by atoms with Crippen LogP contribution in [0.5, 0.6) is 0 Å². The molecule has 0 saturated carbocycles. The van der Waals surface area contributed by atoms with Crippen LogP contribution in [0.15, 0.2) is 18.6 Å². The summed E-state index contributed by atoms with van der Waals surface area (Å²) in [6.45, 7) is 1.89. The molecule has 3 aromatic rings. The van der Waals surface area contributed by atoms with Gasteiger partial charge in [-0.25, -0.2) is 9.97 Å². The van der Waals surface area contributed by atoms with Gasteiger partial charge >= 0.3 is 0 Å². The van der Waals surface area contributed by atoms with Crippen LogP contribution in [0.25, 0.3) is 11.0 Å². The van der Waals surface area contributed by atoms with E-state index in [1.54, 1.807) is 10.9 Å². The molecular weight excluding hydrogens is 246 g/mol. The highest BCUT2D eigenvalue weighted by Crippen LogP contribution is 2.19. The quantitative estimate of drug-likeness (QED) is 0.701. The molecule has 0 unspecified atom stereocenters. The Bertz CT molecular complexity index is 744. The van der Waals surface area contributed by atoms with Gasteiger partial charge in [0.15, 0.2) is 5.65 Å². The molecule has 0 bridgehead atoms. The summed E-state index contributed by atoms with van der Waals surface area (Å²) >= 11 is 0. The number of rotatable bonds is 2. The normalized spacial score (nSPS) is 10.8. The number of nitrogens with zero attached hydrogens (tertiary/aromatic N) is 5. The number of anilines is 1. The summed E-state index contributed by atoms with van der Waals surface area (Å²) in [5.74, 6) is -0.205. The number of nitrogens with one attached hydrogen (secondary N) is 2. The topological polar surface area (TPSA) is 101 Å². The second kappa shape index (κ2) is 4.16. The first-order valence-electron chi connectivity index (χ1n) is 5.61. The van der Waals surface area contributed by atoms with E-state index in [-0.39, 0.29) is 11.7 Å². The Balaban J connectivity index is 1.94. The second-order valence-corrected chi connectivity index (χ2v) is 4.09. The Kier molecular flexibility index (Phi) is 2.48. The third-order valence-corrected chi connectivity index (χ3v) is 2.75. The lowest BCUT2D eigenvalue weighted by atomic mass is 10.2. The number of amides is 1. The van der Waals surface area contributed by atoms with Gasteiger partial charge in [0.2, 0.25) is 5.82 Å². The molecule has 8 heteroatoms. The number of aryl methyl sites for hydroxylation is 2. The third-order valence-electron chi connectivity index (χ3n) is 2.75. The lowest BCUT2D eigenvalue weighted by Crippen LogP contribution is -2.13. The van der Waals surface area contributed by atoms with Crippen LogP contribution in [0.2, 0.25) is 0 Å². The van der Waals surface area contributed by atoms with Gasteiger partial charge in [0.1, 0.15) is 6.33 Å². The first-order valence-corrected chi connectivity index (χ1v) is 5.61. The minimum Gasteiger partial charge on any atom is -0.318 e. The van der Waals surface area contributed by atoms with Crippen molar-refractivity contribution in [3.8, 4) is 0 Å². The molecule has 0 saturated heterocycles. The SMILES string of the molecule is Cc1nn(C)c2ncc(NC(=O)c3ncn[nH]3)cc12. The first-order chi connectivity index (χ1) is 9.15. The molecule has 8 nitrogen and oxygen atoms in total. The molecule has 1 amide bonds. The highest BCUT2D eigenvalue weighted by molar-refractivity contribution is 6.02. The van der Waals surface area contributed by atoms with Crippen molar-refractivity contribution >= 4 is 22.6 Å². The van der Waals surface area contributed by atoms with E-state index in [9.17, 15) is 4.79 Å². The molecule has 0 aromatic carbocycles.